The van der Waals surface area contributed by atoms with E-state index in [4.69, 9.17) is 28.6 Å². The van der Waals surface area contributed by atoms with Crippen molar-refractivity contribution in [3.05, 3.63) is 109 Å². The topological polar surface area (TPSA) is 72.7 Å². The third-order valence-corrected chi connectivity index (χ3v) is 6.80. The van der Waals surface area contributed by atoms with Crippen LogP contribution in [0.4, 0.5) is 5.69 Å². The van der Waals surface area contributed by atoms with E-state index in [9.17, 15) is 14.9 Å². The number of nitro benzene ring substituents is 1. The summed E-state index contributed by atoms with van der Waals surface area (Å²) in [6.45, 7) is 2.66. The van der Waals surface area contributed by atoms with Crippen molar-refractivity contribution < 1.29 is 14.5 Å². The van der Waals surface area contributed by atoms with Gasteiger partial charge in [-0.15, -0.1) is 0 Å². The molecule has 3 aromatic carbocycles. The number of halogens is 1. The number of amides is 1. The fourth-order valence-electron chi connectivity index (χ4n) is 3.26. The van der Waals surface area contributed by atoms with Gasteiger partial charge in [-0.3, -0.25) is 19.8 Å². The van der Waals surface area contributed by atoms with Crippen LogP contribution >= 0.6 is 35.6 Å². The van der Waals surface area contributed by atoms with Crippen molar-refractivity contribution in [3.8, 4) is 5.75 Å². The van der Waals surface area contributed by atoms with Gasteiger partial charge >= 0.3 is 0 Å². The number of thioether (sulfide) groups is 1. The van der Waals surface area contributed by atoms with Crippen molar-refractivity contribution in [2.24, 2.45) is 0 Å². The van der Waals surface area contributed by atoms with Crippen LogP contribution in [-0.4, -0.2) is 20.1 Å². The van der Waals surface area contributed by atoms with Gasteiger partial charge in [-0.05, 0) is 54.0 Å². The molecule has 3 aromatic rings. The molecule has 34 heavy (non-hydrogen) atoms. The number of nitrogens with zero attached hydrogens (tertiary/aromatic N) is 2. The lowest BCUT2D eigenvalue weighted by molar-refractivity contribution is -0.384. The van der Waals surface area contributed by atoms with Crippen molar-refractivity contribution in [1.82, 2.24) is 4.90 Å². The van der Waals surface area contributed by atoms with Gasteiger partial charge in [-0.1, -0.05) is 71.5 Å². The Kier molecular flexibility index (Phi) is 7.31. The van der Waals surface area contributed by atoms with E-state index >= 15 is 0 Å². The van der Waals surface area contributed by atoms with Gasteiger partial charge < -0.3 is 4.74 Å². The van der Waals surface area contributed by atoms with E-state index in [1.54, 1.807) is 35.2 Å². The summed E-state index contributed by atoms with van der Waals surface area (Å²) in [4.78, 5) is 25.4. The molecule has 1 fully saturated rings. The minimum Gasteiger partial charge on any atom is -0.487 e. The van der Waals surface area contributed by atoms with E-state index in [0.717, 1.165) is 22.3 Å². The highest BCUT2D eigenvalue weighted by atomic mass is 35.5. The Hall–Kier alpha value is -3.20. The fraction of sp³-hybridized carbons (Fsp3) is 0.120. The van der Waals surface area contributed by atoms with Crippen LogP contribution < -0.4 is 4.74 Å². The summed E-state index contributed by atoms with van der Waals surface area (Å²) < 4.78 is 6.27. The smallest absolute Gasteiger partial charge is 0.269 e. The lowest BCUT2D eigenvalue weighted by atomic mass is 10.1. The molecule has 0 aliphatic carbocycles. The number of nitro groups is 1. The zero-order valence-corrected chi connectivity index (χ0v) is 20.5. The van der Waals surface area contributed by atoms with E-state index in [-0.39, 0.29) is 18.2 Å². The van der Waals surface area contributed by atoms with E-state index in [0.29, 0.717) is 26.5 Å². The highest BCUT2D eigenvalue weighted by Gasteiger charge is 2.32. The Balaban J connectivity index is 1.42. The fourth-order valence-corrected chi connectivity index (χ4v) is 4.76. The summed E-state index contributed by atoms with van der Waals surface area (Å²) in [7, 11) is 0. The molecule has 6 nitrogen and oxygen atoms in total. The maximum atomic E-state index is 12.9. The number of non-ortho nitro benzene ring substituents is 1. The first-order valence-electron chi connectivity index (χ1n) is 10.3. The average Bonchev–Trinajstić information content (AvgIpc) is 3.07. The van der Waals surface area contributed by atoms with Crippen LogP contribution in [0, 0.1) is 17.0 Å². The number of rotatable bonds is 7. The SMILES string of the molecule is Cc1ccc(CN2C(=O)C(=Cc3ccc(OCc4ccc([N+](=O)[O-])cc4)c(Cl)c3)SC2=S)cc1. The predicted octanol–water partition coefficient (Wildman–Crippen LogP) is 6.54. The van der Waals surface area contributed by atoms with E-state index < -0.39 is 4.92 Å². The molecule has 4 rings (SSSR count). The number of aryl methyl sites for hydroxylation is 1. The first-order valence-corrected chi connectivity index (χ1v) is 11.9. The molecule has 0 saturated carbocycles. The highest BCUT2D eigenvalue weighted by molar-refractivity contribution is 8.26. The van der Waals surface area contributed by atoms with Gasteiger partial charge in [0, 0.05) is 12.1 Å². The Morgan fingerprint density at radius 1 is 1.09 bits per heavy atom. The molecular formula is C25H19ClN2O4S2. The lowest BCUT2D eigenvalue weighted by Crippen LogP contribution is -2.27. The van der Waals surface area contributed by atoms with Gasteiger partial charge in [0.1, 0.15) is 16.7 Å². The first kappa shape index (κ1) is 23.9. The van der Waals surface area contributed by atoms with Crippen molar-refractivity contribution in [2.75, 3.05) is 0 Å². The summed E-state index contributed by atoms with van der Waals surface area (Å²) in [5.74, 6) is 0.342. The molecule has 0 aromatic heterocycles. The van der Waals surface area contributed by atoms with Crippen LogP contribution in [0.1, 0.15) is 22.3 Å². The number of thiocarbonyl (C=S) groups is 1. The number of benzene rings is 3. The quantitative estimate of drug-likeness (QED) is 0.155. The van der Waals surface area contributed by atoms with E-state index in [2.05, 4.69) is 0 Å². The second-order valence-corrected chi connectivity index (χ2v) is 9.74. The molecule has 1 saturated heterocycles. The number of carbonyl (C=O) groups excluding carboxylic acids is 1. The maximum absolute atomic E-state index is 12.9. The average molecular weight is 511 g/mol. The number of ether oxygens (including phenoxy) is 1. The molecule has 0 bridgehead atoms. The van der Waals surface area contributed by atoms with Crippen molar-refractivity contribution in [3.63, 3.8) is 0 Å². The molecule has 0 unspecified atom stereocenters. The summed E-state index contributed by atoms with van der Waals surface area (Å²) in [6, 6.07) is 19.4. The number of hydrogen-bond donors (Lipinski definition) is 0. The van der Waals surface area contributed by atoms with Crippen LogP contribution in [0.5, 0.6) is 5.75 Å². The largest absolute Gasteiger partial charge is 0.487 e. The van der Waals surface area contributed by atoms with Gasteiger partial charge in [-0.2, -0.15) is 0 Å². The summed E-state index contributed by atoms with van der Waals surface area (Å²) in [5, 5.41) is 11.2. The minimum absolute atomic E-state index is 0.0235. The van der Waals surface area contributed by atoms with Crippen LogP contribution in [0.3, 0.4) is 0 Å². The van der Waals surface area contributed by atoms with E-state index in [1.165, 1.54) is 23.9 Å². The molecule has 1 heterocycles. The van der Waals surface area contributed by atoms with E-state index in [1.807, 2.05) is 37.3 Å². The number of hydrogen-bond acceptors (Lipinski definition) is 6. The molecule has 1 amide bonds. The van der Waals surface area contributed by atoms with Gasteiger partial charge in [0.15, 0.2) is 0 Å². The third-order valence-electron chi connectivity index (χ3n) is 5.13. The molecule has 1 aliphatic heterocycles. The Labute approximate surface area is 211 Å². The minimum atomic E-state index is -0.448. The van der Waals surface area contributed by atoms with Crippen molar-refractivity contribution in [1.29, 1.82) is 0 Å². The van der Waals surface area contributed by atoms with Crippen molar-refractivity contribution >= 4 is 57.6 Å². The van der Waals surface area contributed by atoms with Gasteiger partial charge in [-0.25, -0.2) is 0 Å². The Morgan fingerprint density at radius 3 is 2.41 bits per heavy atom. The third kappa shape index (κ3) is 5.64. The molecule has 172 valence electrons. The van der Waals surface area contributed by atoms with Crippen LogP contribution in [0.2, 0.25) is 5.02 Å². The van der Waals surface area contributed by atoms with Gasteiger partial charge in [0.25, 0.3) is 11.6 Å². The first-order chi connectivity index (χ1) is 16.3. The Bertz CT molecular complexity index is 1290. The molecule has 0 radical (unpaired) electrons. The van der Waals surface area contributed by atoms with Crippen LogP contribution in [-0.2, 0) is 17.9 Å². The zero-order valence-electron chi connectivity index (χ0n) is 18.1. The monoisotopic (exact) mass is 510 g/mol. The normalized spacial score (nSPS) is 14.6. The van der Waals surface area contributed by atoms with Crippen LogP contribution in [0.15, 0.2) is 71.6 Å². The molecule has 1 aliphatic rings. The maximum Gasteiger partial charge on any atom is 0.269 e. The molecule has 0 atom stereocenters. The summed E-state index contributed by atoms with van der Waals surface area (Å²) in [6.07, 6.45) is 1.76. The zero-order chi connectivity index (χ0) is 24.2. The standard InChI is InChI=1S/C25H19ClN2O4S2/c1-16-2-4-17(5-3-16)14-27-24(29)23(34-25(27)33)13-19-8-11-22(21(26)12-19)32-15-18-6-9-20(10-7-18)28(30)31/h2-13H,14-15H2,1H3. The molecule has 9 heteroatoms. The predicted molar refractivity (Wildman–Crippen MR) is 139 cm³/mol. The Morgan fingerprint density at radius 2 is 1.76 bits per heavy atom. The second-order valence-electron chi connectivity index (χ2n) is 7.66. The summed E-state index contributed by atoms with van der Waals surface area (Å²) >= 11 is 13.1. The highest BCUT2D eigenvalue weighted by Crippen LogP contribution is 2.35. The van der Waals surface area contributed by atoms with Crippen LogP contribution in [0.25, 0.3) is 6.08 Å². The molecule has 0 N–H and O–H groups in total. The molecule has 0 spiro atoms. The lowest BCUT2D eigenvalue weighted by Gasteiger charge is -2.14. The van der Waals surface area contributed by atoms with Gasteiger partial charge in [0.05, 0.1) is 21.4 Å². The van der Waals surface area contributed by atoms with Crippen molar-refractivity contribution in [2.45, 2.75) is 20.1 Å². The molecular weight excluding hydrogens is 492 g/mol. The second kappa shape index (κ2) is 10.4. The number of carbonyl (C=O) groups is 1. The summed E-state index contributed by atoms with van der Waals surface area (Å²) in [5.41, 5.74) is 3.73. The van der Waals surface area contributed by atoms with Gasteiger partial charge in [0.2, 0.25) is 0 Å².